The summed E-state index contributed by atoms with van der Waals surface area (Å²) >= 11 is 0. The first-order valence-electron chi connectivity index (χ1n) is 9.20. The number of anilines is 2. The molecule has 0 spiro atoms. The summed E-state index contributed by atoms with van der Waals surface area (Å²) in [5, 5.41) is 7.11. The molecule has 12 heteroatoms. The number of fused-ring (bicyclic) bond motifs is 1. The van der Waals surface area contributed by atoms with E-state index in [1.165, 1.54) is 35.8 Å². The first-order chi connectivity index (χ1) is 14.3. The summed E-state index contributed by atoms with van der Waals surface area (Å²) in [7, 11) is 0. The van der Waals surface area contributed by atoms with Crippen molar-refractivity contribution < 1.29 is 22.4 Å². The Kier molecular flexibility index (Phi) is 5.22. The Morgan fingerprint density at radius 2 is 1.93 bits per heavy atom. The first-order valence-corrected chi connectivity index (χ1v) is 9.20. The molecule has 1 saturated heterocycles. The molecule has 1 fully saturated rings. The van der Waals surface area contributed by atoms with E-state index in [4.69, 9.17) is 0 Å². The highest BCUT2D eigenvalue weighted by molar-refractivity contribution is 5.98. The lowest BCUT2D eigenvalue weighted by Gasteiger charge is -2.28. The molecule has 1 aliphatic heterocycles. The number of aromatic nitrogens is 5. The number of halogens is 4. The standard InChI is InChI=1S/C18H17F4N7O/c19-11-1-5-28(6-2-11)17(30)13-7-14-12(8-25-13)16(26-15-9-23-3-4-24-15)27-29(14)10-18(20,21)22/h3-4,7-9,11H,1-2,5-6,10H2,(H,24,26,27). The van der Waals surface area contributed by atoms with Crippen molar-refractivity contribution in [1.29, 1.82) is 0 Å². The fourth-order valence-corrected chi connectivity index (χ4v) is 3.27. The molecule has 158 valence electrons. The number of amides is 1. The summed E-state index contributed by atoms with van der Waals surface area (Å²) in [6.45, 7) is -0.863. The molecular formula is C18H17F4N7O. The molecule has 1 aliphatic rings. The smallest absolute Gasteiger partial charge is 0.337 e. The van der Waals surface area contributed by atoms with Gasteiger partial charge in [0.05, 0.1) is 17.1 Å². The van der Waals surface area contributed by atoms with Crippen molar-refractivity contribution in [3.63, 3.8) is 0 Å². The largest absolute Gasteiger partial charge is 0.408 e. The van der Waals surface area contributed by atoms with Gasteiger partial charge in [-0.15, -0.1) is 0 Å². The number of hydrogen-bond donors (Lipinski definition) is 1. The number of hydrogen-bond acceptors (Lipinski definition) is 6. The Bertz CT molecular complexity index is 1050. The first kappa shape index (κ1) is 20.0. The third-order valence-corrected chi connectivity index (χ3v) is 4.71. The Balaban J connectivity index is 1.70. The minimum Gasteiger partial charge on any atom is -0.337 e. The fourth-order valence-electron chi connectivity index (χ4n) is 3.27. The molecule has 4 heterocycles. The van der Waals surface area contributed by atoms with Crippen LogP contribution in [0.15, 0.2) is 30.9 Å². The van der Waals surface area contributed by atoms with Gasteiger partial charge in [-0.1, -0.05) is 0 Å². The van der Waals surface area contributed by atoms with Gasteiger partial charge in [0.15, 0.2) is 5.82 Å². The lowest BCUT2D eigenvalue weighted by atomic mass is 10.1. The van der Waals surface area contributed by atoms with Gasteiger partial charge < -0.3 is 10.2 Å². The van der Waals surface area contributed by atoms with Crippen LogP contribution in [0.4, 0.5) is 29.2 Å². The SMILES string of the molecule is O=C(c1cc2c(cn1)c(Nc1cnccn1)nn2CC(F)(F)F)N1CCC(F)CC1. The maximum atomic E-state index is 13.3. The molecule has 0 bridgehead atoms. The number of piperidine rings is 1. The number of alkyl halides is 4. The molecule has 3 aromatic heterocycles. The van der Waals surface area contributed by atoms with E-state index in [1.54, 1.807) is 0 Å². The average molecular weight is 423 g/mol. The van der Waals surface area contributed by atoms with Crippen LogP contribution in [0.1, 0.15) is 23.3 Å². The van der Waals surface area contributed by atoms with E-state index >= 15 is 0 Å². The van der Waals surface area contributed by atoms with Crippen LogP contribution in [-0.2, 0) is 6.54 Å². The summed E-state index contributed by atoms with van der Waals surface area (Å²) in [5.41, 5.74) is 0.0756. The maximum absolute atomic E-state index is 13.3. The van der Waals surface area contributed by atoms with Crippen LogP contribution in [0.3, 0.4) is 0 Å². The second-order valence-corrected chi connectivity index (χ2v) is 6.89. The van der Waals surface area contributed by atoms with E-state index in [0.717, 1.165) is 4.68 Å². The third-order valence-electron chi connectivity index (χ3n) is 4.71. The second-order valence-electron chi connectivity index (χ2n) is 6.89. The molecule has 0 radical (unpaired) electrons. The minimum absolute atomic E-state index is 0.0193. The van der Waals surface area contributed by atoms with Crippen LogP contribution in [0, 0.1) is 0 Å². The molecule has 4 rings (SSSR count). The number of likely N-dealkylation sites (tertiary alicyclic amines) is 1. The Labute approximate surface area is 167 Å². The molecule has 1 amide bonds. The van der Waals surface area contributed by atoms with E-state index in [-0.39, 0.29) is 43.0 Å². The molecule has 0 saturated carbocycles. The lowest BCUT2D eigenvalue weighted by Crippen LogP contribution is -2.39. The van der Waals surface area contributed by atoms with Crippen LogP contribution in [0.25, 0.3) is 10.9 Å². The molecule has 3 aromatic rings. The Morgan fingerprint density at radius 3 is 2.60 bits per heavy atom. The third kappa shape index (κ3) is 4.31. The maximum Gasteiger partial charge on any atom is 0.408 e. The van der Waals surface area contributed by atoms with Gasteiger partial charge in [0.1, 0.15) is 24.2 Å². The van der Waals surface area contributed by atoms with Crippen LogP contribution < -0.4 is 5.32 Å². The highest BCUT2D eigenvalue weighted by atomic mass is 19.4. The predicted molar refractivity (Wildman–Crippen MR) is 98.9 cm³/mol. The Morgan fingerprint density at radius 1 is 1.17 bits per heavy atom. The van der Waals surface area contributed by atoms with E-state index in [0.29, 0.717) is 11.2 Å². The second kappa shape index (κ2) is 7.84. The molecule has 30 heavy (non-hydrogen) atoms. The van der Waals surface area contributed by atoms with Crippen LogP contribution in [0.5, 0.6) is 0 Å². The van der Waals surface area contributed by atoms with Crippen molar-refractivity contribution >= 4 is 28.4 Å². The van der Waals surface area contributed by atoms with E-state index < -0.39 is 24.8 Å². The molecule has 8 nitrogen and oxygen atoms in total. The summed E-state index contributed by atoms with van der Waals surface area (Å²) in [5.74, 6) is -0.0446. The minimum atomic E-state index is -4.51. The zero-order valence-electron chi connectivity index (χ0n) is 15.6. The van der Waals surface area contributed by atoms with Gasteiger partial charge in [0.25, 0.3) is 5.91 Å². The monoisotopic (exact) mass is 423 g/mol. The molecular weight excluding hydrogens is 406 g/mol. The van der Waals surface area contributed by atoms with E-state index in [2.05, 4.69) is 25.4 Å². The van der Waals surface area contributed by atoms with Crippen molar-refractivity contribution in [2.75, 3.05) is 18.4 Å². The van der Waals surface area contributed by atoms with Crippen LogP contribution in [-0.4, -0.2) is 61.0 Å². The van der Waals surface area contributed by atoms with Crippen LogP contribution >= 0.6 is 0 Å². The predicted octanol–water partition coefficient (Wildman–Crippen LogP) is 3.10. The Hall–Kier alpha value is -3.31. The zero-order chi connectivity index (χ0) is 21.3. The summed E-state index contributed by atoms with van der Waals surface area (Å²) < 4.78 is 53.3. The molecule has 1 N–H and O–H groups in total. The lowest BCUT2D eigenvalue weighted by molar-refractivity contribution is -0.141. The molecule has 0 unspecified atom stereocenters. The number of nitrogens with zero attached hydrogens (tertiary/aromatic N) is 6. The van der Waals surface area contributed by atoms with Gasteiger partial charge in [-0.3, -0.25) is 19.4 Å². The normalized spacial score (nSPS) is 15.5. The quantitative estimate of drug-likeness (QED) is 0.649. The average Bonchev–Trinajstić information content (AvgIpc) is 3.03. The number of rotatable bonds is 4. The van der Waals surface area contributed by atoms with Gasteiger partial charge in [0, 0.05) is 31.7 Å². The van der Waals surface area contributed by atoms with Crippen molar-refractivity contribution in [3.05, 3.63) is 36.5 Å². The van der Waals surface area contributed by atoms with Crippen molar-refractivity contribution in [1.82, 2.24) is 29.6 Å². The van der Waals surface area contributed by atoms with Crippen LogP contribution in [0.2, 0.25) is 0 Å². The summed E-state index contributed by atoms with van der Waals surface area (Å²) in [6, 6.07) is 1.28. The van der Waals surface area contributed by atoms with Gasteiger partial charge in [-0.05, 0) is 18.9 Å². The fraction of sp³-hybridized carbons (Fsp3) is 0.389. The topological polar surface area (TPSA) is 88.8 Å². The van der Waals surface area contributed by atoms with Crippen molar-refractivity contribution in [2.24, 2.45) is 0 Å². The number of carbonyl (C=O) groups excluding carboxylic acids is 1. The molecule has 0 aromatic carbocycles. The van der Waals surface area contributed by atoms with Crippen molar-refractivity contribution in [3.8, 4) is 0 Å². The number of nitrogens with one attached hydrogen (secondary N) is 1. The summed E-state index contributed by atoms with van der Waals surface area (Å²) in [4.78, 5) is 26.2. The van der Waals surface area contributed by atoms with Gasteiger partial charge >= 0.3 is 6.18 Å². The van der Waals surface area contributed by atoms with Gasteiger partial charge in [-0.2, -0.15) is 18.3 Å². The van der Waals surface area contributed by atoms with Crippen molar-refractivity contribution in [2.45, 2.75) is 31.7 Å². The molecule has 0 atom stereocenters. The molecule has 0 aliphatic carbocycles. The van der Waals surface area contributed by atoms with Gasteiger partial charge in [0.2, 0.25) is 0 Å². The van der Waals surface area contributed by atoms with E-state index in [1.807, 2.05) is 0 Å². The van der Waals surface area contributed by atoms with E-state index in [9.17, 15) is 22.4 Å². The number of carbonyl (C=O) groups is 1. The summed E-state index contributed by atoms with van der Waals surface area (Å²) in [6.07, 6.45) is 0.561. The highest BCUT2D eigenvalue weighted by Crippen LogP contribution is 2.28. The zero-order valence-corrected chi connectivity index (χ0v) is 15.6. The highest BCUT2D eigenvalue weighted by Gasteiger charge is 2.31. The van der Waals surface area contributed by atoms with Gasteiger partial charge in [-0.25, -0.2) is 9.37 Å². The number of pyridine rings is 1.